The lowest BCUT2D eigenvalue weighted by Crippen LogP contribution is -2.40. The van der Waals surface area contributed by atoms with Gasteiger partial charge in [0.15, 0.2) is 0 Å². The molecule has 1 aromatic rings. The highest BCUT2D eigenvalue weighted by Crippen LogP contribution is 2.22. The van der Waals surface area contributed by atoms with Gasteiger partial charge in [-0.3, -0.25) is 9.59 Å². The van der Waals surface area contributed by atoms with Crippen molar-refractivity contribution in [3.8, 4) is 0 Å². The van der Waals surface area contributed by atoms with Crippen LogP contribution in [-0.4, -0.2) is 47.6 Å². The van der Waals surface area contributed by atoms with Crippen molar-refractivity contribution in [2.45, 2.75) is 45.1 Å². The topological polar surface area (TPSA) is 69.6 Å². The molecule has 24 heavy (non-hydrogen) atoms. The van der Waals surface area contributed by atoms with E-state index in [4.69, 9.17) is 5.11 Å². The first-order chi connectivity index (χ1) is 11.6. The summed E-state index contributed by atoms with van der Waals surface area (Å²) in [5.74, 6) is -0.258. The molecule has 5 nitrogen and oxygen atoms in total. The molecule has 132 valence electrons. The van der Waals surface area contributed by atoms with Crippen LogP contribution in [0.3, 0.4) is 0 Å². The molecule has 1 fully saturated rings. The first kappa shape index (κ1) is 18.5. The Balaban J connectivity index is 1.81. The molecule has 1 saturated heterocycles. The van der Waals surface area contributed by atoms with E-state index >= 15 is 0 Å². The minimum absolute atomic E-state index is 0.0880. The summed E-state index contributed by atoms with van der Waals surface area (Å²) >= 11 is 0. The van der Waals surface area contributed by atoms with Gasteiger partial charge in [-0.2, -0.15) is 0 Å². The van der Waals surface area contributed by atoms with Gasteiger partial charge in [0.05, 0.1) is 6.42 Å². The Morgan fingerprint density at radius 1 is 1.21 bits per heavy atom. The third-order valence-electron chi connectivity index (χ3n) is 4.65. The highest BCUT2D eigenvalue weighted by Gasteiger charge is 2.32. The Hall–Kier alpha value is -1.88. The van der Waals surface area contributed by atoms with Crippen molar-refractivity contribution in [2.24, 2.45) is 5.92 Å². The predicted molar refractivity (Wildman–Crippen MR) is 93.8 cm³/mol. The van der Waals surface area contributed by atoms with Gasteiger partial charge >= 0.3 is 5.97 Å². The van der Waals surface area contributed by atoms with E-state index in [2.05, 4.69) is 17.1 Å². The van der Waals surface area contributed by atoms with Crippen molar-refractivity contribution in [3.63, 3.8) is 0 Å². The smallest absolute Gasteiger partial charge is 0.304 e. The summed E-state index contributed by atoms with van der Waals surface area (Å²) in [7, 11) is 0. The zero-order chi connectivity index (χ0) is 17.4. The molecule has 1 aromatic carbocycles. The first-order valence-corrected chi connectivity index (χ1v) is 8.86. The molecule has 1 aliphatic heterocycles. The van der Waals surface area contributed by atoms with Crippen LogP contribution in [0.1, 0.15) is 38.2 Å². The van der Waals surface area contributed by atoms with Crippen LogP contribution in [0.4, 0.5) is 0 Å². The summed E-state index contributed by atoms with van der Waals surface area (Å²) in [6, 6.07) is 10.2. The third-order valence-corrected chi connectivity index (χ3v) is 4.65. The van der Waals surface area contributed by atoms with Crippen LogP contribution in [-0.2, 0) is 16.0 Å². The second kappa shape index (κ2) is 9.42. The maximum atomic E-state index is 12.3. The Labute approximate surface area is 144 Å². The summed E-state index contributed by atoms with van der Waals surface area (Å²) in [5.41, 5.74) is 1.17. The number of amides is 1. The van der Waals surface area contributed by atoms with Crippen LogP contribution in [0.2, 0.25) is 0 Å². The third kappa shape index (κ3) is 5.96. The quantitative estimate of drug-likeness (QED) is 0.728. The Bertz CT molecular complexity index is 533. The van der Waals surface area contributed by atoms with Crippen LogP contribution in [0.5, 0.6) is 0 Å². The molecule has 1 heterocycles. The number of likely N-dealkylation sites (tertiary alicyclic amines) is 1. The van der Waals surface area contributed by atoms with Crippen LogP contribution < -0.4 is 5.32 Å². The van der Waals surface area contributed by atoms with Crippen LogP contribution in [0, 0.1) is 5.92 Å². The van der Waals surface area contributed by atoms with Gasteiger partial charge in [0, 0.05) is 32.1 Å². The molecule has 2 N–H and O–H groups in total. The fourth-order valence-electron chi connectivity index (χ4n) is 3.41. The number of carboxylic acids is 1. The monoisotopic (exact) mass is 332 g/mol. The number of carboxylic acid groups (broad SMARTS) is 1. The predicted octanol–water partition coefficient (Wildman–Crippen LogP) is 2.31. The zero-order valence-electron chi connectivity index (χ0n) is 14.4. The van der Waals surface area contributed by atoms with Gasteiger partial charge in [0.1, 0.15) is 0 Å². The largest absolute Gasteiger partial charge is 0.481 e. The summed E-state index contributed by atoms with van der Waals surface area (Å²) < 4.78 is 0. The molecular weight excluding hydrogens is 304 g/mol. The fraction of sp³-hybridized carbons (Fsp3) is 0.579. The van der Waals surface area contributed by atoms with Gasteiger partial charge in [-0.1, -0.05) is 43.7 Å². The number of hydrogen-bond donors (Lipinski definition) is 2. The van der Waals surface area contributed by atoms with E-state index in [0.29, 0.717) is 18.9 Å². The molecule has 0 saturated carbocycles. The van der Waals surface area contributed by atoms with Crippen molar-refractivity contribution < 1.29 is 14.7 Å². The Morgan fingerprint density at radius 2 is 1.96 bits per heavy atom. The number of rotatable bonds is 9. The van der Waals surface area contributed by atoms with E-state index in [1.54, 1.807) is 0 Å². The van der Waals surface area contributed by atoms with E-state index in [-0.39, 0.29) is 18.4 Å². The minimum Gasteiger partial charge on any atom is -0.481 e. The number of hydrogen-bond acceptors (Lipinski definition) is 3. The molecule has 0 radical (unpaired) electrons. The normalized spacial score (nSPS) is 20.9. The standard InChI is InChI=1S/C19H28N2O3/c1-2-6-16-13-21(12-11-19(23)24)14-17(16)20-18(22)10-9-15-7-4-3-5-8-15/h3-5,7-8,16-17H,2,6,9-14H2,1H3,(H,20,22)(H,23,24)/t16-,17-/m0/s1. The highest BCUT2D eigenvalue weighted by atomic mass is 16.4. The average molecular weight is 332 g/mol. The van der Waals surface area contributed by atoms with Gasteiger partial charge in [-0.25, -0.2) is 0 Å². The van der Waals surface area contributed by atoms with Crippen molar-refractivity contribution >= 4 is 11.9 Å². The maximum absolute atomic E-state index is 12.3. The van der Waals surface area contributed by atoms with Crippen molar-refractivity contribution in [3.05, 3.63) is 35.9 Å². The van der Waals surface area contributed by atoms with Crippen molar-refractivity contribution in [1.29, 1.82) is 0 Å². The first-order valence-electron chi connectivity index (χ1n) is 8.86. The lowest BCUT2D eigenvalue weighted by Gasteiger charge is -2.19. The van der Waals surface area contributed by atoms with E-state index in [0.717, 1.165) is 32.4 Å². The van der Waals surface area contributed by atoms with Gasteiger partial charge in [-0.05, 0) is 24.3 Å². The Kier molecular flexibility index (Phi) is 7.25. The fourth-order valence-corrected chi connectivity index (χ4v) is 3.41. The molecule has 0 unspecified atom stereocenters. The number of aliphatic carboxylic acids is 1. The highest BCUT2D eigenvalue weighted by molar-refractivity contribution is 5.76. The van der Waals surface area contributed by atoms with Crippen molar-refractivity contribution in [2.75, 3.05) is 19.6 Å². The average Bonchev–Trinajstić information content (AvgIpc) is 2.94. The number of carbonyl (C=O) groups is 2. The van der Waals surface area contributed by atoms with Gasteiger partial charge < -0.3 is 15.3 Å². The lowest BCUT2D eigenvalue weighted by atomic mass is 9.98. The van der Waals surface area contributed by atoms with E-state index in [1.807, 2.05) is 30.3 Å². The van der Waals surface area contributed by atoms with Crippen LogP contribution in [0.15, 0.2) is 30.3 Å². The molecule has 2 atom stereocenters. The minimum atomic E-state index is -0.766. The van der Waals surface area contributed by atoms with E-state index < -0.39 is 5.97 Å². The summed E-state index contributed by atoms with van der Waals surface area (Å²) in [4.78, 5) is 25.2. The SMILES string of the molecule is CCC[C@H]1CN(CCC(=O)O)C[C@@H]1NC(=O)CCc1ccccc1. The number of benzene rings is 1. The molecule has 5 heteroatoms. The number of carbonyl (C=O) groups excluding carboxylic acids is 1. The van der Waals surface area contributed by atoms with Gasteiger partial charge in [-0.15, -0.1) is 0 Å². The van der Waals surface area contributed by atoms with Gasteiger partial charge in [0.25, 0.3) is 0 Å². The summed E-state index contributed by atoms with van der Waals surface area (Å²) in [5, 5.41) is 12.0. The molecule has 1 aliphatic rings. The molecule has 0 spiro atoms. The van der Waals surface area contributed by atoms with Crippen molar-refractivity contribution in [1.82, 2.24) is 10.2 Å². The molecule has 0 bridgehead atoms. The summed E-state index contributed by atoms with van der Waals surface area (Å²) in [6.07, 6.45) is 3.55. The van der Waals surface area contributed by atoms with E-state index in [1.165, 1.54) is 5.56 Å². The lowest BCUT2D eigenvalue weighted by molar-refractivity contribution is -0.137. The van der Waals surface area contributed by atoms with Crippen LogP contribution in [0.25, 0.3) is 0 Å². The maximum Gasteiger partial charge on any atom is 0.304 e. The van der Waals surface area contributed by atoms with Gasteiger partial charge in [0.2, 0.25) is 5.91 Å². The zero-order valence-corrected chi connectivity index (χ0v) is 14.4. The second-order valence-corrected chi connectivity index (χ2v) is 6.61. The number of aryl methyl sites for hydroxylation is 1. The Morgan fingerprint density at radius 3 is 2.62 bits per heavy atom. The number of nitrogens with zero attached hydrogens (tertiary/aromatic N) is 1. The molecule has 0 aromatic heterocycles. The molecular formula is C19H28N2O3. The molecule has 1 amide bonds. The summed E-state index contributed by atoms with van der Waals surface area (Å²) in [6.45, 7) is 4.35. The number of nitrogens with one attached hydrogen (secondary N) is 1. The molecule has 2 rings (SSSR count). The second-order valence-electron chi connectivity index (χ2n) is 6.61. The molecule has 0 aliphatic carbocycles. The van der Waals surface area contributed by atoms with Crippen LogP contribution >= 0.6 is 0 Å². The van der Waals surface area contributed by atoms with E-state index in [9.17, 15) is 9.59 Å².